The van der Waals surface area contributed by atoms with Crippen molar-refractivity contribution in [3.05, 3.63) is 87.9 Å². The van der Waals surface area contributed by atoms with Crippen LogP contribution in [0.5, 0.6) is 0 Å². The molecule has 0 radical (unpaired) electrons. The summed E-state index contributed by atoms with van der Waals surface area (Å²) in [4.78, 5) is 17.8. The lowest BCUT2D eigenvalue weighted by atomic mass is 10.00. The van der Waals surface area contributed by atoms with Crippen LogP contribution in [-0.4, -0.2) is 29.9 Å². The van der Waals surface area contributed by atoms with Crippen LogP contribution < -0.4 is 4.90 Å². The van der Waals surface area contributed by atoms with Gasteiger partial charge in [0.2, 0.25) is 0 Å². The molecule has 0 bridgehead atoms. The predicted molar refractivity (Wildman–Crippen MR) is 122 cm³/mol. The summed E-state index contributed by atoms with van der Waals surface area (Å²) in [7, 11) is 0. The van der Waals surface area contributed by atoms with E-state index in [1.807, 2.05) is 17.0 Å². The number of hydrogen-bond acceptors (Lipinski definition) is 3. The molecule has 2 aromatic carbocycles. The van der Waals surface area contributed by atoms with Crippen molar-refractivity contribution in [1.29, 1.82) is 0 Å². The molecular weight excluding hydrogens is 395 g/mol. The van der Waals surface area contributed by atoms with Crippen molar-refractivity contribution in [2.24, 2.45) is 0 Å². The number of rotatable bonds is 6. The van der Waals surface area contributed by atoms with E-state index < -0.39 is 0 Å². The van der Waals surface area contributed by atoms with Crippen LogP contribution in [0.4, 0.5) is 10.1 Å². The van der Waals surface area contributed by atoms with Crippen LogP contribution in [0.15, 0.2) is 65.4 Å². The fourth-order valence-corrected chi connectivity index (χ4v) is 4.75. The minimum Gasteiger partial charge on any atom is -0.305 e. The summed E-state index contributed by atoms with van der Waals surface area (Å²) in [5.41, 5.74) is 4.04. The lowest BCUT2D eigenvalue weighted by molar-refractivity contribution is 0.0958. The minimum absolute atomic E-state index is 0.0597. The maximum absolute atomic E-state index is 13.4. The first-order valence-corrected chi connectivity index (χ1v) is 11.5. The van der Waals surface area contributed by atoms with Crippen molar-refractivity contribution in [3.8, 4) is 0 Å². The summed E-state index contributed by atoms with van der Waals surface area (Å²) in [6.07, 6.45) is 2.81. The SMILES string of the molecule is CCc1ccc(N(C(=O)c2ccc(F)cc2)C2CCN(Cc3ccsc3)CC2)cc1. The molecule has 3 aromatic rings. The molecule has 0 saturated carbocycles. The van der Waals surface area contributed by atoms with E-state index in [4.69, 9.17) is 0 Å². The van der Waals surface area contributed by atoms with E-state index in [1.54, 1.807) is 23.5 Å². The van der Waals surface area contributed by atoms with E-state index in [0.29, 0.717) is 5.56 Å². The molecule has 3 nitrogen and oxygen atoms in total. The van der Waals surface area contributed by atoms with Crippen molar-refractivity contribution < 1.29 is 9.18 Å². The Morgan fingerprint density at radius 1 is 1.03 bits per heavy atom. The highest BCUT2D eigenvalue weighted by Gasteiger charge is 2.30. The number of halogens is 1. The molecule has 2 heterocycles. The van der Waals surface area contributed by atoms with Crippen LogP contribution in [0.2, 0.25) is 0 Å². The van der Waals surface area contributed by atoms with Gasteiger partial charge in [0.25, 0.3) is 5.91 Å². The molecule has 5 heteroatoms. The van der Waals surface area contributed by atoms with Crippen molar-refractivity contribution in [3.63, 3.8) is 0 Å². The molecular formula is C25H27FN2OS. The van der Waals surface area contributed by atoms with E-state index in [-0.39, 0.29) is 17.8 Å². The van der Waals surface area contributed by atoms with E-state index in [9.17, 15) is 9.18 Å². The Bertz CT molecular complexity index is 946. The molecule has 30 heavy (non-hydrogen) atoms. The Balaban J connectivity index is 1.54. The van der Waals surface area contributed by atoms with Crippen LogP contribution >= 0.6 is 11.3 Å². The van der Waals surface area contributed by atoms with Crippen LogP contribution in [0.25, 0.3) is 0 Å². The van der Waals surface area contributed by atoms with Gasteiger partial charge in [0.1, 0.15) is 5.82 Å². The molecule has 1 fully saturated rings. The Morgan fingerprint density at radius 3 is 2.33 bits per heavy atom. The Kier molecular flexibility index (Phi) is 6.60. The second-order valence-electron chi connectivity index (χ2n) is 7.84. The summed E-state index contributed by atoms with van der Waals surface area (Å²) in [6, 6.07) is 16.4. The largest absolute Gasteiger partial charge is 0.305 e. The first-order chi connectivity index (χ1) is 14.6. The number of piperidine rings is 1. The zero-order valence-corrected chi connectivity index (χ0v) is 18.1. The standard InChI is InChI=1S/C25H27FN2OS/c1-2-19-3-9-23(10-4-19)28(25(29)21-5-7-22(26)8-6-21)24-11-14-27(15-12-24)17-20-13-16-30-18-20/h3-10,13,16,18,24H,2,11-12,14-15,17H2,1H3. The third kappa shape index (κ3) is 4.79. The second kappa shape index (κ2) is 9.54. The number of benzene rings is 2. The normalized spacial score (nSPS) is 15.3. The summed E-state index contributed by atoms with van der Waals surface area (Å²) < 4.78 is 13.4. The highest BCUT2D eigenvalue weighted by Crippen LogP contribution is 2.27. The Hall–Kier alpha value is -2.50. The van der Waals surface area contributed by atoms with Gasteiger partial charge in [-0.15, -0.1) is 0 Å². The quantitative estimate of drug-likeness (QED) is 0.504. The Morgan fingerprint density at radius 2 is 1.73 bits per heavy atom. The molecule has 1 aromatic heterocycles. The number of anilines is 1. The highest BCUT2D eigenvalue weighted by atomic mass is 32.1. The van der Waals surface area contributed by atoms with Gasteiger partial charge in [0.15, 0.2) is 0 Å². The maximum Gasteiger partial charge on any atom is 0.258 e. The summed E-state index contributed by atoms with van der Waals surface area (Å²) in [5, 5.41) is 4.32. The molecule has 0 atom stereocenters. The zero-order valence-electron chi connectivity index (χ0n) is 17.3. The van der Waals surface area contributed by atoms with E-state index in [2.05, 4.69) is 40.8 Å². The van der Waals surface area contributed by atoms with Crippen molar-refractivity contribution in [2.75, 3.05) is 18.0 Å². The third-order valence-corrected chi connectivity index (χ3v) is 6.57. The first-order valence-electron chi connectivity index (χ1n) is 10.6. The zero-order chi connectivity index (χ0) is 20.9. The smallest absolute Gasteiger partial charge is 0.258 e. The minimum atomic E-state index is -0.327. The second-order valence-corrected chi connectivity index (χ2v) is 8.62. The summed E-state index contributed by atoms with van der Waals surface area (Å²) in [5.74, 6) is -0.386. The van der Waals surface area contributed by atoms with Crippen molar-refractivity contribution in [2.45, 2.75) is 38.8 Å². The van der Waals surface area contributed by atoms with Crippen LogP contribution in [0.1, 0.15) is 41.3 Å². The number of carbonyl (C=O) groups is 1. The fourth-order valence-electron chi connectivity index (χ4n) is 4.09. The monoisotopic (exact) mass is 422 g/mol. The van der Waals surface area contributed by atoms with Gasteiger partial charge >= 0.3 is 0 Å². The lowest BCUT2D eigenvalue weighted by Gasteiger charge is -2.38. The van der Waals surface area contributed by atoms with Gasteiger partial charge in [-0.3, -0.25) is 9.69 Å². The molecule has 1 amide bonds. The topological polar surface area (TPSA) is 23.6 Å². The van der Waals surface area contributed by atoms with Gasteiger partial charge in [-0.1, -0.05) is 19.1 Å². The third-order valence-electron chi connectivity index (χ3n) is 5.84. The molecule has 0 N–H and O–H groups in total. The van der Waals surface area contributed by atoms with Crippen molar-refractivity contribution >= 4 is 22.9 Å². The molecule has 0 spiro atoms. The Labute approximate surface area is 181 Å². The number of carbonyl (C=O) groups excluding carboxylic acids is 1. The number of amides is 1. The van der Waals surface area contributed by atoms with Crippen molar-refractivity contribution in [1.82, 2.24) is 4.90 Å². The molecule has 1 saturated heterocycles. The lowest BCUT2D eigenvalue weighted by Crippen LogP contribution is -2.47. The van der Waals surface area contributed by atoms with Gasteiger partial charge in [-0.05, 0) is 83.6 Å². The van der Waals surface area contributed by atoms with Gasteiger partial charge in [0, 0.05) is 36.9 Å². The van der Waals surface area contributed by atoms with E-state index in [0.717, 1.165) is 44.6 Å². The average molecular weight is 423 g/mol. The fraction of sp³-hybridized carbons (Fsp3) is 0.320. The number of likely N-dealkylation sites (tertiary alicyclic amines) is 1. The highest BCUT2D eigenvalue weighted by molar-refractivity contribution is 7.07. The van der Waals surface area contributed by atoms with Gasteiger partial charge in [-0.25, -0.2) is 4.39 Å². The van der Waals surface area contributed by atoms with Gasteiger partial charge in [-0.2, -0.15) is 11.3 Å². The van der Waals surface area contributed by atoms with Crippen LogP contribution in [-0.2, 0) is 13.0 Å². The van der Waals surface area contributed by atoms with Crippen LogP contribution in [0.3, 0.4) is 0 Å². The number of nitrogens with zero attached hydrogens (tertiary/aromatic N) is 2. The predicted octanol–water partition coefficient (Wildman–Crippen LogP) is 5.76. The summed E-state index contributed by atoms with van der Waals surface area (Å²) >= 11 is 1.73. The molecule has 4 rings (SSSR count). The van der Waals surface area contributed by atoms with E-state index >= 15 is 0 Å². The average Bonchev–Trinajstić information content (AvgIpc) is 3.29. The number of aryl methyl sites for hydroxylation is 1. The number of hydrogen-bond donors (Lipinski definition) is 0. The molecule has 1 aliphatic rings. The van der Waals surface area contributed by atoms with E-state index in [1.165, 1.54) is 23.3 Å². The molecule has 1 aliphatic heterocycles. The van der Waals surface area contributed by atoms with Gasteiger partial charge < -0.3 is 4.90 Å². The molecule has 0 aliphatic carbocycles. The number of thiophene rings is 1. The summed E-state index contributed by atoms with van der Waals surface area (Å²) in [6.45, 7) is 5.01. The van der Waals surface area contributed by atoms with Gasteiger partial charge in [0.05, 0.1) is 0 Å². The first kappa shape index (κ1) is 20.8. The van der Waals surface area contributed by atoms with Crippen LogP contribution in [0, 0.1) is 5.82 Å². The molecule has 0 unspecified atom stereocenters. The maximum atomic E-state index is 13.4. The molecule has 156 valence electrons.